The predicted octanol–water partition coefficient (Wildman–Crippen LogP) is 1.01. The highest BCUT2D eigenvalue weighted by molar-refractivity contribution is 7.80. The van der Waals surface area contributed by atoms with E-state index < -0.39 is 0 Å². The number of amides is 1. The number of quaternary nitrogens is 1. The van der Waals surface area contributed by atoms with Gasteiger partial charge >= 0.3 is 0 Å². The number of carbonyl (C=O) groups excluding carboxylic acids is 1. The molecule has 1 fully saturated rings. The van der Waals surface area contributed by atoms with E-state index in [1.54, 1.807) is 0 Å². The topological polar surface area (TPSA) is 40.0 Å². The van der Waals surface area contributed by atoms with Crippen LogP contribution in [0.3, 0.4) is 0 Å². The van der Waals surface area contributed by atoms with Crippen LogP contribution < -0.4 is 10.2 Å². The molecule has 0 bridgehead atoms. The van der Waals surface area contributed by atoms with Gasteiger partial charge < -0.3 is 20.0 Å². The highest BCUT2D eigenvalue weighted by atomic mass is 32.1. The third-order valence-corrected chi connectivity index (χ3v) is 5.13. The van der Waals surface area contributed by atoms with Gasteiger partial charge in [-0.15, -0.1) is 0 Å². The summed E-state index contributed by atoms with van der Waals surface area (Å²) in [5, 5.41) is 3.80. The summed E-state index contributed by atoms with van der Waals surface area (Å²) >= 11 is 5.44. The molecule has 2 N–H and O–H groups in total. The lowest BCUT2D eigenvalue weighted by Gasteiger charge is -2.31. The van der Waals surface area contributed by atoms with Crippen molar-refractivity contribution in [1.29, 1.82) is 0 Å². The Hall–Kier alpha value is -1.66. The first-order chi connectivity index (χ1) is 12.0. The number of benzene rings is 1. The number of rotatable bonds is 6. The van der Waals surface area contributed by atoms with E-state index >= 15 is 0 Å². The summed E-state index contributed by atoms with van der Waals surface area (Å²) in [6.45, 7) is 6.22. The summed E-state index contributed by atoms with van der Waals surface area (Å²) in [4.78, 5) is 17.6. The number of nitrogens with zero attached hydrogens (tertiary/aromatic N) is 2. The van der Waals surface area contributed by atoms with Crippen LogP contribution in [0.25, 0.3) is 0 Å². The van der Waals surface area contributed by atoms with E-state index in [9.17, 15) is 4.79 Å². The van der Waals surface area contributed by atoms with Crippen LogP contribution in [0.15, 0.2) is 24.3 Å². The molecule has 1 aliphatic rings. The Morgan fingerprint density at radius 1 is 1.28 bits per heavy atom. The second-order valence-corrected chi connectivity index (χ2v) is 7.31. The molecule has 1 aliphatic heterocycles. The van der Waals surface area contributed by atoms with E-state index in [0.717, 1.165) is 38.3 Å². The van der Waals surface area contributed by atoms with Crippen molar-refractivity contribution < 1.29 is 9.69 Å². The van der Waals surface area contributed by atoms with E-state index in [4.69, 9.17) is 12.2 Å². The Kier molecular flexibility index (Phi) is 7.65. The summed E-state index contributed by atoms with van der Waals surface area (Å²) in [6.07, 6.45) is 3.53. The van der Waals surface area contributed by atoms with E-state index in [2.05, 4.69) is 43.6 Å². The van der Waals surface area contributed by atoms with Crippen molar-refractivity contribution in [2.75, 3.05) is 52.1 Å². The van der Waals surface area contributed by atoms with Crippen molar-refractivity contribution >= 4 is 28.9 Å². The summed E-state index contributed by atoms with van der Waals surface area (Å²) in [5.74, 6) is 0.147. The fourth-order valence-corrected chi connectivity index (χ4v) is 3.05. The Balaban J connectivity index is 1.80. The van der Waals surface area contributed by atoms with Crippen LogP contribution in [0.1, 0.15) is 25.3 Å². The average molecular weight is 364 g/mol. The molecular weight excluding hydrogens is 332 g/mol. The van der Waals surface area contributed by atoms with Crippen LogP contribution in [-0.4, -0.2) is 67.6 Å². The first-order valence-electron chi connectivity index (χ1n) is 9.19. The van der Waals surface area contributed by atoms with Crippen LogP contribution in [-0.2, 0) is 11.2 Å². The smallest absolute Gasteiger partial charge is 0.242 e. The van der Waals surface area contributed by atoms with Gasteiger partial charge in [-0.3, -0.25) is 4.79 Å². The zero-order valence-electron chi connectivity index (χ0n) is 15.7. The number of carbonyl (C=O) groups is 1. The minimum Gasteiger partial charge on any atom is -0.343 e. The predicted molar refractivity (Wildman–Crippen MR) is 107 cm³/mol. The molecule has 1 aromatic carbocycles. The van der Waals surface area contributed by atoms with Gasteiger partial charge in [-0.05, 0) is 42.8 Å². The van der Waals surface area contributed by atoms with Crippen molar-refractivity contribution in [2.45, 2.75) is 26.2 Å². The SMILES string of the molecule is CCCCc1ccc(NC(=S)N(C)CC(=O)N2CC[NH+](C)CC2)cc1. The van der Waals surface area contributed by atoms with Crippen LogP contribution in [0.5, 0.6) is 0 Å². The van der Waals surface area contributed by atoms with Gasteiger partial charge in [0.05, 0.1) is 39.8 Å². The molecule has 138 valence electrons. The second-order valence-electron chi connectivity index (χ2n) is 6.92. The van der Waals surface area contributed by atoms with Gasteiger partial charge in [0.2, 0.25) is 5.91 Å². The van der Waals surface area contributed by atoms with E-state index in [-0.39, 0.29) is 5.91 Å². The number of unbranched alkanes of at least 4 members (excludes halogenated alkanes) is 1. The Morgan fingerprint density at radius 2 is 1.92 bits per heavy atom. The van der Waals surface area contributed by atoms with Gasteiger partial charge in [-0.2, -0.15) is 0 Å². The van der Waals surface area contributed by atoms with Crippen LogP contribution >= 0.6 is 12.2 Å². The van der Waals surface area contributed by atoms with E-state index in [1.165, 1.54) is 23.3 Å². The largest absolute Gasteiger partial charge is 0.343 e. The van der Waals surface area contributed by atoms with Crippen molar-refractivity contribution in [3.63, 3.8) is 0 Å². The normalized spacial score (nSPS) is 15.1. The van der Waals surface area contributed by atoms with Crippen LogP contribution in [0, 0.1) is 0 Å². The van der Waals surface area contributed by atoms with Crippen molar-refractivity contribution in [3.8, 4) is 0 Å². The molecule has 1 saturated heterocycles. The van der Waals surface area contributed by atoms with Gasteiger partial charge in [0.1, 0.15) is 0 Å². The average Bonchev–Trinajstić information content (AvgIpc) is 2.61. The maximum atomic E-state index is 12.4. The third kappa shape index (κ3) is 6.29. The Bertz CT molecular complexity index is 567. The first kappa shape index (κ1) is 19.7. The molecule has 0 atom stereocenters. The second kappa shape index (κ2) is 9.73. The summed E-state index contributed by atoms with van der Waals surface area (Å²) in [6, 6.07) is 8.38. The van der Waals surface area contributed by atoms with Gasteiger partial charge in [-0.25, -0.2) is 0 Å². The lowest BCUT2D eigenvalue weighted by Crippen LogP contribution is -3.12. The number of piperazine rings is 1. The number of nitrogens with one attached hydrogen (secondary N) is 2. The fourth-order valence-electron chi connectivity index (χ4n) is 2.87. The molecule has 0 saturated carbocycles. The van der Waals surface area contributed by atoms with Gasteiger partial charge in [0.25, 0.3) is 0 Å². The number of anilines is 1. The molecule has 1 aromatic rings. The number of thiocarbonyl (C=S) groups is 1. The van der Waals surface area contributed by atoms with Gasteiger partial charge in [-0.1, -0.05) is 25.5 Å². The quantitative estimate of drug-likeness (QED) is 0.741. The molecule has 2 rings (SSSR count). The number of hydrogen-bond donors (Lipinski definition) is 2. The van der Waals surface area contributed by atoms with Gasteiger partial charge in [0.15, 0.2) is 5.11 Å². The highest BCUT2D eigenvalue weighted by Gasteiger charge is 2.22. The van der Waals surface area contributed by atoms with Crippen LogP contribution in [0.4, 0.5) is 5.69 Å². The standard InChI is InChI=1S/C19H30N4OS/c1-4-5-6-16-7-9-17(10-8-16)20-19(25)22(3)15-18(24)23-13-11-21(2)12-14-23/h7-10H,4-6,11-15H2,1-3H3,(H,20,25)/p+1. The van der Waals surface area contributed by atoms with Gasteiger partial charge in [0, 0.05) is 12.7 Å². The van der Waals surface area contributed by atoms with E-state index in [0.29, 0.717) is 11.7 Å². The molecule has 0 aliphatic carbocycles. The maximum Gasteiger partial charge on any atom is 0.242 e. The summed E-state index contributed by atoms with van der Waals surface area (Å²) in [5.41, 5.74) is 2.31. The minimum atomic E-state index is 0.147. The molecule has 0 unspecified atom stereocenters. The number of hydrogen-bond acceptors (Lipinski definition) is 2. The molecule has 0 spiro atoms. The molecule has 0 radical (unpaired) electrons. The molecule has 5 nitrogen and oxygen atoms in total. The molecule has 1 heterocycles. The molecule has 1 amide bonds. The summed E-state index contributed by atoms with van der Waals surface area (Å²) in [7, 11) is 4.03. The molecule has 25 heavy (non-hydrogen) atoms. The fraction of sp³-hybridized carbons (Fsp3) is 0.579. The lowest BCUT2D eigenvalue weighted by molar-refractivity contribution is -0.883. The third-order valence-electron chi connectivity index (χ3n) is 4.71. The molecule has 0 aromatic heterocycles. The zero-order valence-corrected chi connectivity index (χ0v) is 16.5. The van der Waals surface area contributed by atoms with Crippen molar-refractivity contribution in [1.82, 2.24) is 9.80 Å². The lowest BCUT2D eigenvalue weighted by atomic mass is 10.1. The Labute approximate surface area is 157 Å². The zero-order chi connectivity index (χ0) is 18.2. The van der Waals surface area contributed by atoms with Crippen LogP contribution in [0.2, 0.25) is 0 Å². The number of aryl methyl sites for hydroxylation is 1. The summed E-state index contributed by atoms with van der Waals surface area (Å²) < 4.78 is 0. The van der Waals surface area contributed by atoms with E-state index in [1.807, 2.05) is 16.8 Å². The molecular formula is C19H31N4OS+. The minimum absolute atomic E-state index is 0.147. The highest BCUT2D eigenvalue weighted by Crippen LogP contribution is 2.12. The Morgan fingerprint density at radius 3 is 2.52 bits per heavy atom. The molecule has 6 heteroatoms. The van der Waals surface area contributed by atoms with Crippen molar-refractivity contribution in [2.24, 2.45) is 0 Å². The monoisotopic (exact) mass is 363 g/mol. The maximum absolute atomic E-state index is 12.4. The number of likely N-dealkylation sites (N-methyl/N-ethyl adjacent to an activating group) is 2. The first-order valence-corrected chi connectivity index (χ1v) is 9.60. The van der Waals surface area contributed by atoms with Crippen molar-refractivity contribution in [3.05, 3.63) is 29.8 Å².